The van der Waals surface area contributed by atoms with Gasteiger partial charge in [-0.3, -0.25) is 0 Å². The van der Waals surface area contributed by atoms with Crippen LogP contribution in [-0.4, -0.2) is 0 Å². The summed E-state index contributed by atoms with van der Waals surface area (Å²) in [5.74, 6) is 0. The summed E-state index contributed by atoms with van der Waals surface area (Å²) < 4.78 is 0. The normalized spacial score (nSPS) is 8.44. The molecular formula is C16H32CuN-3. The van der Waals surface area contributed by atoms with Crippen molar-refractivity contribution < 1.29 is 17.1 Å². The van der Waals surface area contributed by atoms with Crippen LogP contribution in [-0.2, 0) is 17.1 Å². The Hall–Kier alpha value is 0.00948. The standard InChI is InChI=1S/C14H29.CN.CH3.Cu/c1-3-5-7-9-11-13-14-12-10-8-6-4-2;1-2;;/h1,3-14H2,2H3;;1H3;/q3*-1;. The van der Waals surface area contributed by atoms with Crippen LogP contribution in [0.1, 0.15) is 84.0 Å². The van der Waals surface area contributed by atoms with E-state index >= 15 is 0 Å². The van der Waals surface area contributed by atoms with E-state index in [2.05, 4.69) is 13.8 Å². The molecule has 0 aromatic carbocycles. The Morgan fingerprint density at radius 3 is 1.28 bits per heavy atom. The average molecular weight is 302 g/mol. The van der Waals surface area contributed by atoms with Gasteiger partial charge in [0.25, 0.3) is 0 Å². The van der Waals surface area contributed by atoms with Crippen molar-refractivity contribution in [3.63, 3.8) is 0 Å². The van der Waals surface area contributed by atoms with Crippen molar-refractivity contribution in [2.75, 3.05) is 0 Å². The molecule has 0 saturated heterocycles. The molecular weight excluding hydrogens is 270 g/mol. The molecule has 0 amide bonds. The van der Waals surface area contributed by atoms with Gasteiger partial charge in [0.05, 0.1) is 0 Å². The molecule has 18 heavy (non-hydrogen) atoms. The maximum atomic E-state index is 6.25. The molecule has 0 spiro atoms. The van der Waals surface area contributed by atoms with E-state index in [1.165, 1.54) is 70.6 Å². The first-order valence-electron chi connectivity index (χ1n) is 6.93. The Bertz CT molecular complexity index is 112. The summed E-state index contributed by atoms with van der Waals surface area (Å²) in [6.07, 6.45) is 16.9. The predicted octanol–water partition coefficient (Wildman–Crippen LogP) is 6.07. The minimum Gasteiger partial charge on any atom is -0.512 e. The Morgan fingerprint density at radius 1 is 0.722 bits per heavy atom. The van der Waals surface area contributed by atoms with Crippen LogP contribution in [0.3, 0.4) is 0 Å². The van der Waals surface area contributed by atoms with Gasteiger partial charge in [0.2, 0.25) is 0 Å². The molecule has 0 rings (SSSR count). The van der Waals surface area contributed by atoms with Gasteiger partial charge in [-0.05, 0) is 0 Å². The number of unbranched alkanes of at least 4 members (excludes halogenated alkanes) is 11. The summed E-state index contributed by atoms with van der Waals surface area (Å²) in [4.78, 5) is 0. The van der Waals surface area contributed by atoms with E-state index in [4.69, 9.17) is 11.8 Å². The van der Waals surface area contributed by atoms with E-state index in [0.717, 1.165) is 6.42 Å². The van der Waals surface area contributed by atoms with Crippen molar-refractivity contribution in [2.45, 2.75) is 84.0 Å². The fourth-order valence-electron chi connectivity index (χ4n) is 1.84. The predicted molar refractivity (Wildman–Crippen MR) is 77.8 cm³/mol. The van der Waals surface area contributed by atoms with Crippen LogP contribution in [0, 0.1) is 26.2 Å². The van der Waals surface area contributed by atoms with Gasteiger partial charge in [-0.1, -0.05) is 77.6 Å². The zero-order chi connectivity index (χ0) is 12.5. The second-order valence-corrected chi connectivity index (χ2v) is 4.39. The van der Waals surface area contributed by atoms with E-state index in [-0.39, 0.29) is 24.5 Å². The quantitative estimate of drug-likeness (QED) is 0.258. The third-order valence-electron chi connectivity index (χ3n) is 2.85. The van der Waals surface area contributed by atoms with E-state index in [0.29, 0.717) is 0 Å². The third kappa shape index (κ3) is 29.8. The fraction of sp³-hybridized carbons (Fsp3) is 0.812. The van der Waals surface area contributed by atoms with Gasteiger partial charge >= 0.3 is 0 Å². The van der Waals surface area contributed by atoms with Gasteiger partial charge in [0.15, 0.2) is 0 Å². The van der Waals surface area contributed by atoms with Gasteiger partial charge in [0.1, 0.15) is 0 Å². The summed E-state index contributed by atoms with van der Waals surface area (Å²) >= 11 is 0. The van der Waals surface area contributed by atoms with E-state index in [9.17, 15) is 0 Å². The number of rotatable bonds is 11. The molecule has 0 aliphatic rings. The van der Waals surface area contributed by atoms with Crippen molar-refractivity contribution in [2.24, 2.45) is 0 Å². The molecule has 0 aliphatic carbocycles. The molecule has 1 radical (unpaired) electrons. The summed E-state index contributed by atoms with van der Waals surface area (Å²) in [5, 5.41) is 6.25. The minimum absolute atomic E-state index is 0. The Balaban J connectivity index is -0.000000232. The monoisotopic (exact) mass is 301 g/mol. The van der Waals surface area contributed by atoms with Crippen LogP contribution < -0.4 is 0 Å². The van der Waals surface area contributed by atoms with Gasteiger partial charge < -0.3 is 26.2 Å². The molecule has 1 nitrogen and oxygen atoms in total. The van der Waals surface area contributed by atoms with Crippen molar-refractivity contribution >= 4 is 0 Å². The SMILES string of the molecule is [C-]#N.[CH2-]CCCCCCCCCCCCC.[CH3-].[Cu]. The summed E-state index contributed by atoms with van der Waals surface area (Å²) in [6, 6.07) is 0. The van der Waals surface area contributed by atoms with Gasteiger partial charge in [-0.2, -0.15) is 6.42 Å². The molecule has 0 fully saturated rings. The smallest absolute Gasteiger partial charge is 0 e. The molecule has 2 heteroatoms. The fourth-order valence-corrected chi connectivity index (χ4v) is 1.84. The second-order valence-electron chi connectivity index (χ2n) is 4.39. The van der Waals surface area contributed by atoms with Gasteiger partial charge in [0, 0.05) is 17.1 Å². The second kappa shape index (κ2) is 30.2. The van der Waals surface area contributed by atoms with Crippen LogP contribution in [0.5, 0.6) is 0 Å². The largest absolute Gasteiger partial charge is 0.512 e. The van der Waals surface area contributed by atoms with Crippen LogP contribution in [0.25, 0.3) is 0 Å². The molecule has 0 aromatic heterocycles. The molecule has 0 aliphatic heterocycles. The maximum absolute atomic E-state index is 6.25. The third-order valence-corrected chi connectivity index (χ3v) is 2.85. The zero-order valence-corrected chi connectivity index (χ0v) is 13.4. The van der Waals surface area contributed by atoms with Crippen LogP contribution in [0.2, 0.25) is 0 Å². The molecule has 0 aromatic rings. The number of hydrogen-bond acceptors (Lipinski definition) is 1. The molecule has 0 saturated carbocycles. The Kier molecular flexibility index (Phi) is 44.6. The van der Waals surface area contributed by atoms with Crippen LogP contribution in [0.4, 0.5) is 0 Å². The Labute approximate surface area is 127 Å². The van der Waals surface area contributed by atoms with E-state index in [1.807, 2.05) is 0 Å². The first-order chi connectivity index (χ1) is 7.91. The van der Waals surface area contributed by atoms with Crippen molar-refractivity contribution in [1.82, 2.24) is 0 Å². The van der Waals surface area contributed by atoms with Crippen molar-refractivity contribution in [3.05, 3.63) is 20.9 Å². The summed E-state index contributed by atoms with van der Waals surface area (Å²) in [6.45, 7) is 10.9. The number of nitrogens with zero attached hydrogens (tertiary/aromatic N) is 1. The minimum atomic E-state index is 0. The average Bonchev–Trinajstić information content (AvgIpc) is 2.34. The van der Waals surface area contributed by atoms with E-state index < -0.39 is 0 Å². The first kappa shape index (κ1) is 26.5. The van der Waals surface area contributed by atoms with Crippen LogP contribution in [0.15, 0.2) is 0 Å². The topological polar surface area (TPSA) is 23.8 Å². The van der Waals surface area contributed by atoms with Crippen molar-refractivity contribution in [1.29, 1.82) is 5.26 Å². The molecule has 0 N–H and O–H groups in total. The molecule has 0 unspecified atom stereocenters. The molecule has 115 valence electrons. The van der Waals surface area contributed by atoms with Crippen LogP contribution >= 0.6 is 0 Å². The van der Waals surface area contributed by atoms with Gasteiger partial charge in [-0.15, -0.1) is 0 Å². The molecule has 0 heterocycles. The maximum Gasteiger partial charge on any atom is 0 e. The summed E-state index contributed by atoms with van der Waals surface area (Å²) in [5.41, 5.74) is 0. The summed E-state index contributed by atoms with van der Waals surface area (Å²) in [7, 11) is 0. The molecule has 0 atom stereocenters. The van der Waals surface area contributed by atoms with Gasteiger partial charge in [-0.25, -0.2) is 0 Å². The van der Waals surface area contributed by atoms with E-state index in [1.54, 1.807) is 0 Å². The number of hydrogen-bond donors (Lipinski definition) is 0. The molecule has 0 bridgehead atoms. The first-order valence-corrected chi connectivity index (χ1v) is 6.93. The zero-order valence-electron chi connectivity index (χ0n) is 12.4. The Morgan fingerprint density at radius 2 is 1.00 bits per heavy atom. The van der Waals surface area contributed by atoms with Crippen molar-refractivity contribution in [3.8, 4) is 0 Å².